The zero-order valence-electron chi connectivity index (χ0n) is 12.1. The van der Waals surface area contributed by atoms with Gasteiger partial charge in [0.05, 0.1) is 20.8 Å². The van der Waals surface area contributed by atoms with Gasteiger partial charge in [-0.05, 0) is 37.3 Å². The van der Waals surface area contributed by atoms with Crippen LogP contribution in [-0.2, 0) is 6.18 Å². The third-order valence-corrected chi connectivity index (χ3v) is 4.27. The number of alkyl halides is 3. The van der Waals surface area contributed by atoms with Gasteiger partial charge >= 0.3 is 6.18 Å². The van der Waals surface area contributed by atoms with Crippen molar-refractivity contribution < 1.29 is 18.0 Å². The van der Waals surface area contributed by atoms with Crippen molar-refractivity contribution in [3.63, 3.8) is 0 Å². The van der Waals surface area contributed by atoms with Gasteiger partial charge in [-0.1, -0.05) is 11.6 Å². The maximum atomic E-state index is 13.0. The molecule has 1 amide bonds. The molecule has 0 aliphatic rings. The van der Waals surface area contributed by atoms with Crippen LogP contribution >= 0.6 is 22.9 Å². The number of anilines is 1. The molecule has 3 aromatic rings. The van der Waals surface area contributed by atoms with Gasteiger partial charge in [0.25, 0.3) is 5.91 Å². The van der Waals surface area contributed by atoms with Crippen LogP contribution in [0.25, 0.3) is 10.2 Å². The SMILES string of the molecule is Cc1nc2ccc(NC(=O)c3ccc(Cl)nc3C(F)(F)F)cc2s1. The van der Waals surface area contributed by atoms with E-state index in [-0.39, 0.29) is 5.15 Å². The molecule has 0 fully saturated rings. The lowest BCUT2D eigenvalue weighted by Gasteiger charge is -2.12. The Labute approximate surface area is 143 Å². The van der Waals surface area contributed by atoms with E-state index in [2.05, 4.69) is 15.3 Å². The van der Waals surface area contributed by atoms with E-state index < -0.39 is 23.3 Å². The number of carbonyl (C=O) groups is 1. The third-order valence-electron chi connectivity index (χ3n) is 3.13. The fourth-order valence-corrected chi connectivity index (χ4v) is 3.16. The van der Waals surface area contributed by atoms with Gasteiger partial charge in [0, 0.05) is 5.69 Å². The van der Waals surface area contributed by atoms with Crippen LogP contribution in [0.5, 0.6) is 0 Å². The Kier molecular flexibility index (Phi) is 4.18. The highest BCUT2D eigenvalue weighted by molar-refractivity contribution is 7.18. The van der Waals surface area contributed by atoms with Crippen molar-refractivity contribution >= 4 is 44.7 Å². The van der Waals surface area contributed by atoms with Crippen molar-refractivity contribution in [1.82, 2.24) is 9.97 Å². The molecule has 0 aliphatic heterocycles. The number of aromatic nitrogens is 2. The van der Waals surface area contributed by atoms with Crippen LogP contribution in [0.4, 0.5) is 18.9 Å². The lowest BCUT2D eigenvalue weighted by atomic mass is 10.1. The van der Waals surface area contributed by atoms with E-state index in [9.17, 15) is 18.0 Å². The van der Waals surface area contributed by atoms with Gasteiger partial charge in [-0.25, -0.2) is 9.97 Å². The summed E-state index contributed by atoms with van der Waals surface area (Å²) in [6, 6.07) is 7.08. The van der Waals surface area contributed by atoms with Gasteiger partial charge in [0.15, 0.2) is 5.69 Å². The van der Waals surface area contributed by atoms with Gasteiger partial charge in [-0.15, -0.1) is 11.3 Å². The Morgan fingerprint density at radius 1 is 1.21 bits per heavy atom. The summed E-state index contributed by atoms with van der Waals surface area (Å²) in [6.45, 7) is 1.85. The number of rotatable bonds is 2. The normalized spacial score (nSPS) is 11.7. The smallest absolute Gasteiger partial charge is 0.322 e. The molecule has 4 nitrogen and oxygen atoms in total. The standard InChI is InChI=1S/C15H9ClF3N3OS/c1-7-20-10-4-2-8(6-11(10)24-7)21-14(23)9-3-5-12(16)22-13(9)15(17,18)19/h2-6H,1H3,(H,21,23). The number of amides is 1. The minimum Gasteiger partial charge on any atom is -0.322 e. The zero-order valence-corrected chi connectivity index (χ0v) is 13.7. The van der Waals surface area contributed by atoms with Crippen molar-refractivity contribution in [1.29, 1.82) is 0 Å². The predicted molar refractivity (Wildman–Crippen MR) is 86.6 cm³/mol. The summed E-state index contributed by atoms with van der Waals surface area (Å²) >= 11 is 6.93. The highest BCUT2D eigenvalue weighted by atomic mass is 35.5. The molecule has 24 heavy (non-hydrogen) atoms. The summed E-state index contributed by atoms with van der Waals surface area (Å²) in [6.07, 6.45) is -4.78. The summed E-state index contributed by atoms with van der Waals surface area (Å²) < 4.78 is 39.9. The van der Waals surface area contributed by atoms with Crippen LogP contribution in [0.2, 0.25) is 5.15 Å². The first-order chi connectivity index (χ1) is 11.2. The minimum absolute atomic E-state index is 0.333. The molecule has 0 spiro atoms. The Hall–Kier alpha value is -2.19. The number of fused-ring (bicyclic) bond motifs is 1. The van der Waals surface area contributed by atoms with E-state index in [1.807, 2.05) is 6.92 Å². The van der Waals surface area contributed by atoms with Crippen molar-refractivity contribution in [3.8, 4) is 0 Å². The average Bonchev–Trinajstić information content (AvgIpc) is 2.85. The second kappa shape index (κ2) is 6.03. The minimum atomic E-state index is -4.78. The molecule has 9 heteroatoms. The van der Waals surface area contributed by atoms with Crippen LogP contribution in [0.15, 0.2) is 30.3 Å². The first-order valence-corrected chi connectivity index (χ1v) is 7.86. The van der Waals surface area contributed by atoms with Crippen LogP contribution in [0.1, 0.15) is 21.1 Å². The molecule has 1 aromatic carbocycles. The first-order valence-electron chi connectivity index (χ1n) is 6.66. The molecule has 2 aromatic heterocycles. The van der Waals surface area contributed by atoms with Crippen LogP contribution in [-0.4, -0.2) is 15.9 Å². The summed E-state index contributed by atoms with van der Waals surface area (Å²) in [4.78, 5) is 19.7. The van der Waals surface area contributed by atoms with E-state index >= 15 is 0 Å². The molecule has 0 saturated carbocycles. The lowest BCUT2D eigenvalue weighted by Crippen LogP contribution is -2.20. The first kappa shape index (κ1) is 16.7. The molecule has 0 saturated heterocycles. The van der Waals surface area contributed by atoms with E-state index in [0.29, 0.717) is 5.69 Å². The number of carbonyl (C=O) groups excluding carboxylic acids is 1. The second-order valence-electron chi connectivity index (χ2n) is 4.90. The fourth-order valence-electron chi connectivity index (χ4n) is 2.15. The molecule has 124 valence electrons. The lowest BCUT2D eigenvalue weighted by molar-refractivity contribution is -0.141. The predicted octanol–water partition coefficient (Wildman–Crippen LogP) is 4.92. The molecule has 0 radical (unpaired) electrons. The molecule has 3 rings (SSSR count). The zero-order chi connectivity index (χ0) is 17.5. The Balaban J connectivity index is 1.94. The molecule has 0 atom stereocenters. The van der Waals surface area contributed by atoms with Gasteiger partial charge in [0.2, 0.25) is 0 Å². The van der Waals surface area contributed by atoms with E-state index in [4.69, 9.17) is 11.6 Å². The summed E-state index contributed by atoms with van der Waals surface area (Å²) in [5, 5.41) is 2.97. The quantitative estimate of drug-likeness (QED) is 0.650. The number of benzene rings is 1. The number of thiazole rings is 1. The number of hydrogen-bond donors (Lipinski definition) is 1. The van der Waals surface area contributed by atoms with Gasteiger partial charge < -0.3 is 5.32 Å². The highest BCUT2D eigenvalue weighted by Gasteiger charge is 2.37. The van der Waals surface area contributed by atoms with Gasteiger partial charge in [-0.2, -0.15) is 13.2 Å². The second-order valence-corrected chi connectivity index (χ2v) is 6.52. The molecular weight excluding hydrogens is 363 g/mol. The maximum absolute atomic E-state index is 13.0. The molecule has 0 unspecified atom stereocenters. The third kappa shape index (κ3) is 3.34. The van der Waals surface area contributed by atoms with Gasteiger partial charge in [0.1, 0.15) is 5.15 Å². The number of nitrogens with one attached hydrogen (secondary N) is 1. The van der Waals surface area contributed by atoms with Crippen molar-refractivity contribution in [2.24, 2.45) is 0 Å². The van der Waals surface area contributed by atoms with E-state index in [0.717, 1.165) is 27.4 Å². The molecule has 1 N–H and O–H groups in total. The summed E-state index contributed by atoms with van der Waals surface area (Å²) in [7, 11) is 0. The molecule has 2 heterocycles. The Bertz CT molecular complexity index is 939. The number of hydrogen-bond acceptors (Lipinski definition) is 4. The van der Waals surface area contributed by atoms with Gasteiger partial charge in [-0.3, -0.25) is 4.79 Å². The summed E-state index contributed by atoms with van der Waals surface area (Å²) in [5.74, 6) is -0.910. The van der Waals surface area contributed by atoms with Crippen LogP contribution in [0.3, 0.4) is 0 Å². The Morgan fingerprint density at radius 2 is 1.96 bits per heavy atom. The number of aryl methyl sites for hydroxylation is 1. The number of halogens is 4. The Morgan fingerprint density at radius 3 is 2.67 bits per heavy atom. The van der Waals surface area contributed by atoms with Crippen molar-refractivity contribution in [3.05, 3.63) is 51.7 Å². The number of nitrogens with zero attached hydrogens (tertiary/aromatic N) is 2. The van der Waals surface area contributed by atoms with E-state index in [1.54, 1.807) is 18.2 Å². The number of pyridine rings is 1. The summed E-state index contributed by atoms with van der Waals surface area (Å²) in [5.41, 5.74) is -0.770. The highest BCUT2D eigenvalue weighted by Crippen LogP contribution is 2.32. The van der Waals surface area contributed by atoms with Crippen molar-refractivity contribution in [2.75, 3.05) is 5.32 Å². The largest absolute Gasteiger partial charge is 0.434 e. The molecule has 0 aliphatic carbocycles. The molecule has 0 bridgehead atoms. The van der Waals surface area contributed by atoms with Crippen LogP contribution in [0, 0.1) is 6.92 Å². The fraction of sp³-hybridized carbons (Fsp3) is 0.133. The molecular formula is C15H9ClF3N3OS. The topological polar surface area (TPSA) is 54.9 Å². The monoisotopic (exact) mass is 371 g/mol. The van der Waals surface area contributed by atoms with E-state index in [1.165, 1.54) is 11.3 Å². The maximum Gasteiger partial charge on any atom is 0.434 e. The average molecular weight is 372 g/mol. The van der Waals surface area contributed by atoms with Crippen LogP contribution < -0.4 is 5.32 Å². The van der Waals surface area contributed by atoms with Crippen molar-refractivity contribution in [2.45, 2.75) is 13.1 Å².